The molecule has 0 saturated carbocycles. The van der Waals surface area contributed by atoms with Crippen LogP contribution < -0.4 is 0 Å². The normalized spacial score (nSPS) is 26.7. The lowest BCUT2D eigenvalue weighted by Gasteiger charge is -2.54. The lowest BCUT2D eigenvalue weighted by molar-refractivity contribution is -0.0629. The van der Waals surface area contributed by atoms with Crippen LogP contribution in [-0.4, -0.2) is 69.6 Å². The van der Waals surface area contributed by atoms with Gasteiger partial charge >= 0.3 is 0 Å². The van der Waals surface area contributed by atoms with Gasteiger partial charge in [-0.05, 0) is 44.5 Å². The van der Waals surface area contributed by atoms with Crippen molar-refractivity contribution in [3.63, 3.8) is 0 Å². The van der Waals surface area contributed by atoms with Crippen molar-refractivity contribution in [1.82, 2.24) is 19.8 Å². The number of aliphatic hydroxyl groups is 1. The molecule has 6 nitrogen and oxygen atoms in total. The van der Waals surface area contributed by atoms with Crippen LogP contribution in [0.2, 0.25) is 0 Å². The molecular formula is C20H26N4O2. The number of piperidine rings is 2. The van der Waals surface area contributed by atoms with E-state index < -0.39 is 0 Å². The topological polar surface area (TPSA) is 69.6 Å². The van der Waals surface area contributed by atoms with Crippen LogP contribution in [0.3, 0.4) is 0 Å². The number of likely N-dealkylation sites (tertiary alicyclic amines) is 2. The van der Waals surface area contributed by atoms with Crippen molar-refractivity contribution in [2.24, 2.45) is 5.41 Å². The third-order valence-electron chi connectivity index (χ3n) is 6.20. The molecule has 0 radical (unpaired) electrons. The van der Waals surface area contributed by atoms with Crippen LogP contribution in [0.15, 0.2) is 30.5 Å². The van der Waals surface area contributed by atoms with Crippen LogP contribution in [0.4, 0.5) is 0 Å². The standard InChI is InChI=1S/C20H26N4O2/c1-2-23-11-9-20(14-25)8-5-10-24(18(20)13-23)19(26)17-12-21-15-6-3-4-7-16(15)22-17/h3-4,6-7,12,18,25H,2,5,8-11,13-14H2,1H3/t18-,20-/m1/s1. The first-order valence-corrected chi connectivity index (χ1v) is 9.53. The van der Waals surface area contributed by atoms with Gasteiger partial charge in [-0.3, -0.25) is 9.78 Å². The van der Waals surface area contributed by atoms with Gasteiger partial charge in [-0.2, -0.15) is 0 Å². The Morgan fingerprint density at radius 2 is 2.08 bits per heavy atom. The average Bonchev–Trinajstić information content (AvgIpc) is 2.71. The van der Waals surface area contributed by atoms with E-state index in [9.17, 15) is 9.90 Å². The zero-order valence-corrected chi connectivity index (χ0v) is 15.3. The largest absolute Gasteiger partial charge is 0.396 e. The molecule has 2 saturated heterocycles. The van der Waals surface area contributed by atoms with E-state index in [0.717, 1.165) is 56.5 Å². The Bertz CT molecular complexity index is 811. The van der Waals surface area contributed by atoms with Gasteiger partial charge < -0.3 is 14.9 Å². The first kappa shape index (κ1) is 17.4. The summed E-state index contributed by atoms with van der Waals surface area (Å²) in [6.07, 6.45) is 4.43. The Balaban J connectivity index is 1.66. The highest BCUT2D eigenvalue weighted by Crippen LogP contribution is 2.42. The van der Waals surface area contributed by atoms with E-state index in [4.69, 9.17) is 0 Å². The van der Waals surface area contributed by atoms with E-state index >= 15 is 0 Å². The number of aliphatic hydroxyl groups excluding tert-OH is 1. The van der Waals surface area contributed by atoms with E-state index in [1.54, 1.807) is 6.20 Å². The molecule has 138 valence electrons. The number of amides is 1. The maximum atomic E-state index is 13.3. The molecule has 2 atom stereocenters. The number of rotatable bonds is 3. The fraction of sp³-hybridized carbons (Fsp3) is 0.550. The van der Waals surface area contributed by atoms with E-state index in [1.807, 2.05) is 29.2 Å². The molecule has 0 spiro atoms. The van der Waals surface area contributed by atoms with E-state index in [1.165, 1.54) is 0 Å². The van der Waals surface area contributed by atoms with Gasteiger partial charge in [0, 0.05) is 18.5 Å². The summed E-state index contributed by atoms with van der Waals surface area (Å²) in [5.41, 5.74) is 1.75. The molecule has 1 N–H and O–H groups in total. The molecule has 2 aliphatic heterocycles. The van der Waals surface area contributed by atoms with Crippen molar-refractivity contribution in [1.29, 1.82) is 0 Å². The molecule has 2 aromatic rings. The molecule has 26 heavy (non-hydrogen) atoms. The molecule has 6 heteroatoms. The molecule has 4 rings (SSSR count). The minimum atomic E-state index is -0.177. The Morgan fingerprint density at radius 3 is 2.85 bits per heavy atom. The monoisotopic (exact) mass is 354 g/mol. The Kier molecular flexibility index (Phi) is 4.63. The summed E-state index contributed by atoms with van der Waals surface area (Å²) in [7, 11) is 0. The number of hydrogen-bond donors (Lipinski definition) is 1. The molecule has 0 bridgehead atoms. The summed E-state index contributed by atoms with van der Waals surface area (Å²) in [6.45, 7) is 5.79. The summed E-state index contributed by atoms with van der Waals surface area (Å²) >= 11 is 0. The summed E-state index contributed by atoms with van der Waals surface area (Å²) in [5, 5.41) is 10.2. The Hall–Kier alpha value is -2.05. The predicted octanol–water partition coefficient (Wildman–Crippen LogP) is 1.94. The fourth-order valence-electron chi connectivity index (χ4n) is 4.56. The molecule has 1 amide bonds. The molecule has 1 aromatic heterocycles. The van der Waals surface area contributed by atoms with Crippen molar-refractivity contribution in [3.8, 4) is 0 Å². The highest BCUT2D eigenvalue weighted by molar-refractivity contribution is 5.94. The first-order chi connectivity index (χ1) is 12.7. The highest BCUT2D eigenvalue weighted by Gasteiger charge is 2.48. The number of benzene rings is 1. The second-order valence-corrected chi connectivity index (χ2v) is 7.53. The second kappa shape index (κ2) is 6.93. The SMILES string of the molecule is CCN1CC[C@@]2(CO)CCCN(C(=O)c3cnc4ccccc4n3)[C@@H]2C1. The maximum Gasteiger partial charge on any atom is 0.274 e. The van der Waals surface area contributed by atoms with Gasteiger partial charge in [-0.25, -0.2) is 4.98 Å². The summed E-state index contributed by atoms with van der Waals surface area (Å²) in [4.78, 5) is 26.5. The minimum absolute atomic E-state index is 0.0377. The number of carbonyl (C=O) groups excluding carboxylic acids is 1. The second-order valence-electron chi connectivity index (χ2n) is 7.53. The third kappa shape index (κ3) is 2.87. The van der Waals surface area contributed by atoms with Gasteiger partial charge in [0.2, 0.25) is 0 Å². The van der Waals surface area contributed by atoms with Crippen LogP contribution in [-0.2, 0) is 0 Å². The first-order valence-electron chi connectivity index (χ1n) is 9.53. The van der Waals surface area contributed by atoms with Crippen LogP contribution in [0.5, 0.6) is 0 Å². The Morgan fingerprint density at radius 1 is 1.27 bits per heavy atom. The molecular weight excluding hydrogens is 328 g/mol. The summed E-state index contributed by atoms with van der Waals surface area (Å²) in [5.74, 6) is -0.0660. The van der Waals surface area contributed by atoms with Gasteiger partial charge in [0.25, 0.3) is 5.91 Å². The van der Waals surface area contributed by atoms with Crippen molar-refractivity contribution < 1.29 is 9.90 Å². The van der Waals surface area contributed by atoms with Gasteiger partial charge in [0.05, 0.1) is 29.9 Å². The molecule has 0 unspecified atom stereocenters. The number of hydrogen-bond acceptors (Lipinski definition) is 5. The van der Waals surface area contributed by atoms with E-state index in [0.29, 0.717) is 5.69 Å². The third-order valence-corrected chi connectivity index (χ3v) is 6.20. The van der Waals surface area contributed by atoms with Crippen LogP contribution >= 0.6 is 0 Å². The lowest BCUT2D eigenvalue weighted by Crippen LogP contribution is -2.63. The van der Waals surface area contributed by atoms with Crippen molar-refractivity contribution >= 4 is 16.9 Å². The molecule has 0 aliphatic carbocycles. The fourth-order valence-corrected chi connectivity index (χ4v) is 4.56. The summed E-state index contributed by atoms with van der Waals surface area (Å²) in [6, 6.07) is 7.64. The molecule has 2 aliphatic rings. The number of nitrogens with zero attached hydrogens (tertiary/aromatic N) is 4. The molecule has 1 aromatic carbocycles. The van der Waals surface area contributed by atoms with Crippen molar-refractivity contribution in [2.75, 3.05) is 32.8 Å². The van der Waals surface area contributed by atoms with Gasteiger partial charge in [0.15, 0.2) is 0 Å². The average molecular weight is 354 g/mol. The van der Waals surface area contributed by atoms with Crippen molar-refractivity contribution in [3.05, 3.63) is 36.2 Å². The maximum absolute atomic E-state index is 13.3. The quantitative estimate of drug-likeness (QED) is 0.912. The minimum Gasteiger partial charge on any atom is -0.396 e. The van der Waals surface area contributed by atoms with Crippen LogP contribution in [0.25, 0.3) is 11.0 Å². The number of carbonyl (C=O) groups is 1. The highest BCUT2D eigenvalue weighted by atomic mass is 16.3. The zero-order valence-electron chi connectivity index (χ0n) is 15.3. The van der Waals surface area contributed by atoms with Gasteiger partial charge in [0.1, 0.15) is 5.69 Å². The summed E-state index contributed by atoms with van der Waals surface area (Å²) < 4.78 is 0. The van der Waals surface area contributed by atoms with Crippen molar-refractivity contribution in [2.45, 2.75) is 32.2 Å². The smallest absolute Gasteiger partial charge is 0.274 e. The zero-order chi connectivity index (χ0) is 18.1. The number of aromatic nitrogens is 2. The predicted molar refractivity (Wildman–Crippen MR) is 99.8 cm³/mol. The molecule has 2 fully saturated rings. The molecule has 3 heterocycles. The van der Waals surface area contributed by atoms with Gasteiger partial charge in [-0.1, -0.05) is 19.1 Å². The Labute approximate surface area is 153 Å². The number of para-hydroxylation sites is 2. The van der Waals surface area contributed by atoms with Crippen LogP contribution in [0.1, 0.15) is 36.7 Å². The van der Waals surface area contributed by atoms with Gasteiger partial charge in [-0.15, -0.1) is 0 Å². The van der Waals surface area contributed by atoms with Crippen LogP contribution in [0, 0.1) is 5.41 Å². The van der Waals surface area contributed by atoms with E-state index in [2.05, 4.69) is 21.8 Å². The lowest BCUT2D eigenvalue weighted by atomic mass is 9.69. The van der Waals surface area contributed by atoms with E-state index in [-0.39, 0.29) is 24.0 Å². The number of fused-ring (bicyclic) bond motifs is 2. The number of likely N-dealkylation sites (N-methyl/N-ethyl adjacent to an activating group) is 1.